The number of hydrazine groups is 2. The summed E-state index contributed by atoms with van der Waals surface area (Å²) in [5, 5.41) is 19.2. The third-order valence-electron chi connectivity index (χ3n) is 4.23. The summed E-state index contributed by atoms with van der Waals surface area (Å²) in [4.78, 5) is 10.7. The van der Waals surface area contributed by atoms with Crippen molar-refractivity contribution in [2.24, 2.45) is 5.10 Å². The van der Waals surface area contributed by atoms with E-state index < -0.39 is 4.92 Å². The number of hydrogen-bond acceptors (Lipinski definition) is 7. The van der Waals surface area contributed by atoms with Gasteiger partial charge in [-0.1, -0.05) is 48.5 Å². The Bertz CT molecular complexity index is 1020. The molecule has 28 heavy (non-hydrogen) atoms. The second-order valence-corrected chi connectivity index (χ2v) is 5.98. The highest BCUT2D eigenvalue weighted by Gasteiger charge is 2.29. The maximum absolute atomic E-state index is 11.1. The van der Waals surface area contributed by atoms with E-state index in [1.165, 1.54) is 19.2 Å². The third kappa shape index (κ3) is 3.18. The van der Waals surface area contributed by atoms with E-state index in [0.29, 0.717) is 17.3 Å². The Hall–Kier alpha value is -4.07. The number of nitro benzene ring substituents is 1. The fraction of sp³-hybridized carbons (Fsp3) is 0.0500. The number of non-ortho nitro benzene ring substituents is 1. The van der Waals surface area contributed by atoms with Crippen molar-refractivity contribution in [3.63, 3.8) is 0 Å². The first-order chi connectivity index (χ1) is 13.7. The number of nitrogens with zero attached hydrogens (tertiary/aromatic N) is 4. The van der Waals surface area contributed by atoms with Gasteiger partial charge in [0.25, 0.3) is 5.69 Å². The molecule has 4 rings (SSSR count). The van der Waals surface area contributed by atoms with E-state index in [1.54, 1.807) is 16.3 Å². The fourth-order valence-corrected chi connectivity index (χ4v) is 2.88. The van der Waals surface area contributed by atoms with Crippen LogP contribution < -0.4 is 20.4 Å². The summed E-state index contributed by atoms with van der Waals surface area (Å²) in [7, 11) is 1.48. The number of ether oxygens (including phenoxy) is 1. The number of benzene rings is 3. The first-order valence-corrected chi connectivity index (χ1v) is 8.55. The van der Waals surface area contributed by atoms with Gasteiger partial charge in [-0.15, -0.1) is 5.10 Å². The maximum Gasteiger partial charge on any atom is 0.273 e. The Morgan fingerprint density at radius 2 is 1.68 bits per heavy atom. The van der Waals surface area contributed by atoms with Gasteiger partial charge in [0, 0.05) is 11.6 Å². The highest BCUT2D eigenvalue weighted by Crippen LogP contribution is 2.35. The van der Waals surface area contributed by atoms with Crippen LogP contribution in [-0.4, -0.2) is 17.9 Å². The number of hydrogen-bond donors (Lipinski definition) is 1. The summed E-state index contributed by atoms with van der Waals surface area (Å²) < 4.78 is 5.41. The van der Waals surface area contributed by atoms with Gasteiger partial charge in [-0.3, -0.25) is 15.5 Å². The molecule has 8 heteroatoms. The van der Waals surface area contributed by atoms with Crippen molar-refractivity contribution in [2.45, 2.75) is 0 Å². The van der Waals surface area contributed by atoms with Crippen LogP contribution in [0.15, 0.2) is 84.0 Å². The number of nitrogens with one attached hydrogen (secondary N) is 1. The molecule has 1 N–H and O–H groups in total. The lowest BCUT2D eigenvalue weighted by Gasteiger charge is -2.28. The fourth-order valence-electron chi connectivity index (χ4n) is 2.88. The van der Waals surface area contributed by atoms with Crippen molar-refractivity contribution in [3.05, 3.63) is 94.5 Å². The van der Waals surface area contributed by atoms with Gasteiger partial charge in [0.05, 0.1) is 23.8 Å². The molecule has 0 saturated heterocycles. The van der Waals surface area contributed by atoms with Gasteiger partial charge >= 0.3 is 0 Å². The van der Waals surface area contributed by atoms with Crippen molar-refractivity contribution in [1.29, 1.82) is 0 Å². The first kappa shape index (κ1) is 17.3. The Balaban J connectivity index is 1.78. The van der Waals surface area contributed by atoms with Gasteiger partial charge in [-0.25, -0.2) is 0 Å². The van der Waals surface area contributed by atoms with E-state index in [2.05, 4.69) is 5.43 Å². The largest absolute Gasteiger partial charge is 0.494 e. The molecule has 3 aromatic carbocycles. The number of anilines is 2. The second-order valence-electron chi connectivity index (χ2n) is 5.98. The standard InChI is InChI=1S/C20H17N5O3/c1-28-19-14-17(25(26)27)12-13-18(19)24-22-20(15-8-4-2-5-9-15)21-23(24)16-10-6-3-7-11-16/h2-14H,1H3,(H,21,22). The first-order valence-electron chi connectivity index (χ1n) is 8.55. The van der Waals surface area contributed by atoms with Crippen LogP contribution in [0.25, 0.3) is 0 Å². The molecule has 0 spiro atoms. The predicted octanol–water partition coefficient (Wildman–Crippen LogP) is 3.71. The van der Waals surface area contributed by atoms with Gasteiger partial charge in [0.15, 0.2) is 11.6 Å². The second kappa shape index (κ2) is 7.28. The molecule has 0 bridgehead atoms. The molecule has 1 aliphatic rings. The molecular weight excluding hydrogens is 358 g/mol. The molecule has 0 saturated carbocycles. The van der Waals surface area contributed by atoms with Crippen LogP contribution >= 0.6 is 0 Å². The molecule has 140 valence electrons. The summed E-state index contributed by atoms with van der Waals surface area (Å²) >= 11 is 0. The van der Waals surface area contributed by atoms with Crippen LogP contribution in [0.5, 0.6) is 5.75 Å². The van der Waals surface area contributed by atoms with Crippen LogP contribution in [-0.2, 0) is 0 Å². The third-order valence-corrected chi connectivity index (χ3v) is 4.23. The molecule has 8 nitrogen and oxygen atoms in total. The van der Waals surface area contributed by atoms with Gasteiger partial charge in [0.2, 0.25) is 0 Å². The molecule has 0 aliphatic carbocycles. The maximum atomic E-state index is 11.1. The van der Waals surface area contributed by atoms with Crippen LogP contribution in [0.2, 0.25) is 0 Å². The summed E-state index contributed by atoms with van der Waals surface area (Å²) in [6.07, 6.45) is 0. The van der Waals surface area contributed by atoms with E-state index >= 15 is 0 Å². The normalized spacial score (nSPS) is 13.1. The number of amidine groups is 1. The lowest BCUT2D eigenvalue weighted by molar-refractivity contribution is -0.384. The van der Waals surface area contributed by atoms with Gasteiger partial charge < -0.3 is 4.74 Å². The zero-order valence-corrected chi connectivity index (χ0v) is 15.0. The molecular formula is C20H17N5O3. The zero-order valence-electron chi connectivity index (χ0n) is 15.0. The minimum Gasteiger partial charge on any atom is -0.494 e. The Labute approximate surface area is 161 Å². The zero-order chi connectivity index (χ0) is 19.5. The number of para-hydroxylation sites is 1. The quantitative estimate of drug-likeness (QED) is 0.541. The van der Waals surface area contributed by atoms with Gasteiger partial charge in [-0.2, -0.15) is 10.2 Å². The summed E-state index contributed by atoms with van der Waals surface area (Å²) in [5.74, 6) is 0.997. The molecule has 0 fully saturated rings. The van der Waals surface area contributed by atoms with Crippen molar-refractivity contribution >= 4 is 22.9 Å². The molecule has 0 radical (unpaired) electrons. The smallest absolute Gasteiger partial charge is 0.273 e. The van der Waals surface area contributed by atoms with Crippen molar-refractivity contribution in [1.82, 2.24) is 5.43 Å². The van der Waals surface area contributed by atoms with Crippen LogP contribution in [0.3, 0.4) is 0 Å². The number of rotatable bonds is 5. The molecule has 1 heterocycles. The highest BCUT2D eigenvalue weighted by atomic mass is 16.6. The molecule has 1 aliphatic heterocycles. The Kier molecular flexibility index (Phi) is 4.51. The molecule has 0 atom stereocenters. The van der Waals surface area contributed by atoms with Crippen LogP contribution in [0.1, 0.15) is 5.56 Å². The average molecular weight is 375 g/mol. The molecule has 3 aromatic rings. The van der Waals surface area contributed by atoms with Crippen molar-refractivity contribution in [2.75, 3.05) is 17.3 Å². The van der Waals surface area contributed by atoms with E-state index in [0.717, 1.165) is 11.3 Å². The molecule has 0 aromatic heterocycles. The van der Waals surface area contributed by atoms with E-state index in [-0.39, 0.29) is 5.69 Å². The van der Waals surface area contributed by atoms with Crippen molar-refractivity contribution < 1.29 is 9.66 Å². The monoisotopic (exact) mass is 375 g/mol. The number of methoxy groups -OCH3 is 1. The van der Waals surface area contributed by atoms with E-state index in [9.17, 15) is 10.1 Å². The lowest BCUT2D eigenvalue weighted by atomic mass is 10.2. The average Bonchev–Trinajstić information content (AvgIpc) is 3.19. The van der Waals surface area contributed by atoms with Gasteiger partial charge in [-0.05, 0) is 18.2 Å². The Morgan fingerprint density at radius 1 is 1.00 bits per heavy atom. The summed E-state index contributed by atoms with van der Waals surface area (Å²) in [6, 6.07) is 23.7. The Morgan fingerprint density at radius 3 is 2.32 bits per heavy atom. The molecule has 0 amide bonds. The van der Waals surface area contributed by atoms with Crippen LogP contribution in [0, 0.1) is 10.1 Å². The lowest BCUT2D eigenvalue weighted by Crippen LogP contribution is -2.44. The van der Waals surface area contributed by atoms with Gasteiger partial charge in [0.1, 0.15) is 5.69 Å². The SMILES string of the molecule is COc1cc([N+](=O)[O-])ccc1N1NC(c2ccccc2)=NN1c1ccccc1. The minimum absolute atomic E-state index is 0.0461. The topological polar surface area (TPSA) is 83.2 Å². The predicted molar refractivity (Wildman–Crippen MR) is 107 cm³/mol. The number of nitro groups is 1. The van der Waals surface area contributed by atoms with Crippen molar-refractivity contribution in [3.8, 4) is 5.75 Å². The summed E-state index contributed by atoms with van der Waals surface area (Å²) in [5.41, 5.74) is 5.53. The molecule has 0 unspecified atom stereocenters. The minimum atomic E-state index is -0.454. The van der Waals surface area contributed by atoms with Crippen LogP contribution in [0.4, 0.5) is 17.1 Å². The number of hydrazone groups is 1. The highest BCUT2D eigenvalue weighted by molar-refractivity contribution is 6.02. The van der Waals surface area contributed by atoms with E-state index in [4.69, 9.17) is 9.84 Å². The summed E-state index contributed by atoms with van der Waals surface area (Å²) in [6.45, 7) is 0. The van der Waals surface area contributed by atoms with E-state index in [1.807, 2.05) is 60.7 Å².